The van der Waals surface area contributed by atoms with Gasteiger partial charge < -0.3 is 0 Å². The van der Waals surface area contributed by atoms with Crippen LogP contribution in [0.4, 0.5) is 0 Å². The molecule has 0 unspecified atom stereocenters. The number of hydrogen-bond acceptors (Lipinski definition) is 0. The van der Waals surface area contributed by atoms with Gasteiger partial charge in [0, 0.05) is 0 Å². The van der Waals surface area contributed by atoms with E-state index in [1.165, 1.54) is 0 Å². The molecule has 1 aliphatic heterocycles. The number of rotatable bonds is 2. The fraction of sp³-hybridized carbons (Fsp3) is 1.00. The van der Waals surface area contributed by atoms with Gasteiger partial charge in [-0.25, -0.2) is 0 Å². The predicted octanol–water partition coefficient (Wildman–Crippen LogP) is 2.49. The molecule has 1 saturated heterocycles. The fourth-order valence-electron chi connectivity index (χ4n) is 1.13. The van der Waals surface area contributed by atoms with Crippen molar-refractivity contribution in [2.75, 3.05) is 0 Å². The molecule has 0 atom stereocenters. The molecule has 0 N–H and O–H groups in total. The summed E-state index contributed by atoms with van der Waals surface area (Å²) >= 11 is 0. The van der Waals surface area contributed by atoms with Crippen LogP contribution in [0, 0.1) is 0 Å². The summed E-state index contributed by atoms with van der Waals surface area (Å²) in [5, 5.41) is 0. The normalized spacial score (nSPS) is 24.9. The molecule has 0 bridgehead atoms. The van der Waals surface area contributed by atoms with Crippen LogP contribution in [0.5, 0.6) is 0 Å². The summed E-state index contributed by atoms with van der Waals surface area (Å²) in [5.74, 6) is 0. The monoisotopic (exact) mass is 114 g/mol. The molecule has 1 fully saturated rings. The van der Waals surface area contributed by atoms with E-state index >= 15 is 0 Å². The van der Waals surface area contributed by atoms with Crippen LogP contribution in [0.15, 0.2) is 0 Å². The molecule has 1 heteroatoms. The van der Waals surface area contributed by atoms with Crippen molar-refractivity contribution >= 4 is 8.07 Å². The van der Waals surface area contributed by atoms with Crippen LogP contribution in [0.25, 0.3) is 0 Å². The summed E-state index contributed by atoms with van der Waals surface area (Å²) in [7, 11) is -0.401. The highest BCUT2D eigenvalue weighted by molar-refractivity contribution is 6.89. The van der Waals surface area contributed by atoms with Gasteiger partial charge >= 0.3 is 0 Å². The molecule has 0 aromatic heterocycles. The molecule has 0 spiro atoms. The fourth-order valence-corrected chi connectivity index (χ4v) is 4.46. The molecule has 0 saturated carbocycles. The van der Waals surface area contributed by atoms with Crippen LogP contribution in [0.2, 0.25) is 24.2 Å². The van der Waals surface area contributed by atoms with Gasteiger partial charge in [-0.2, -0.15) is 0 Å². The minimum atomic E-state index is -0.401. The lowest BCUT2D eigenvalue weighted by Crippen LogP contribution is -2.07. The van der Waals surface area contributed by atoms with Crippen LogP contribution in [0.3, 0.4) is 0 Å². The van der Waals surface area contributed by atoms with Crippen LogP contribution in [-0.4, -0.2) is 8.07 Å². The molecule has 1 aliphatic rings. The SMILES string of the molecule is CC[Si]1(CC)CC1. The van der Waals surface area contributed by atoms with Crippen molar-refractivity contribution in [3.8, 4) is 0 Å². The van der Waals surface area contributed by atoms with Gasteiger partial charge in [-0.05, 0) is 0 Å². The van der Waals surface area contributed by atoms with E-state index in [2.05, 4.69) is 13.8 Å². The van der Waals surface area contributed by atoms with Gasteiger partial charge in [0.2, 0.25) is 0 Å². The molecular formula is C6H14Si. The zero-order valence-corrected chi connectivity index (χ0v) is 6.33. The summed E-state index contributed by atoms with van der Waals surface area (Å²) in [4.78, 5) is 0. The predicted molar refractivity (Wildman–Crippen MR) is 36.3 cm³/mol. The summed E-state index contributed by atoms with van der Waals surface area (Å²) in [6.45, 7) is 4.73. The minimum absolute atomic E-state index is 0.401. The zero-order valence-electron chi connectivity index (χ0n) is 5.33. The molecule has 0 aromatic carbocycles. The largest absolute Gasteiger partial charge is 0.0678 e. The van der Waals surface area contributed by atoms with Crippen LogP contribution < -0.4 is 0 Å². The molecule has 0 nitrogen and oxygen atoms in total. The summed E-state index contributed by atoms with van der Waals surface area (Å²) < 4.78 is 0. The van der Waals surface area contributed by atoms with Crippen molar-refractivity contribution in [3.63, 3.8) is 0 Å². The maximum absolute atomic E-state index is 2.36. The Morgan fingerprint density at radius 1 is 1.14 bits per heavy atom. The lowest BCUT2D eigenvalue weighted by atomic mass is 10.9. The van der Waals surface area contributed by atoms with Gasteiger partial charge in [0.25, 0.3) is 0 Å². The van der Waals surface area contributed by atoms with Crippen LogP contribution >= 0.6 is 0 Å². The van der Waals surface area contributed by atoms with Crippen LogP contribution in [0.1, 0.15) is 13.8 Å². The average molecular weight is 114 g/mol. The standard InChI is InChI=1S/C6H14Si/c1-3-7(4-2)5-6-7/h3-6H2,1-2H3. The molecule has 7 heavy (non-hydrogen) atoms. The van der Waals surface area contributed by atoms with E-state index < -0.39 is 8.07 Å². The van der Waals surface area contributed by atoms with E-state index in [-0.39, 0.29) is 0 Å². The minimum Gasteiger partial charge on any atom is -0.0678 e. The van der Waals surface area contributed by atoms with Crippen molar-refractivity contribution in [2.45, 2.75) is 38.0 Å². The lowest BCUT2D eigenvalue weighted by Gasteiger charge is -2.01. The van der Waals surface area contributed by atoms with E-state index in [9.17, 15) is 0 Å². The highest BCUT2D eigenvalue weighted by Gasteiger charge is 2.40. The molecule has 0 aromatic rings. The van der Waals surface area contributed by atoms with E-state index in [1.807, 2.05) is 0 Å². The topological polar surface area (TPSA) is 0 Å². The zero-order chi connectivity index (χ0) is 5.33. The Morgan fingerprint density at radius 3 is 1.57 bits per heavy atom. The third kappa shape index (κ3) is 0.879. The Bertz CT molecular complexity index is 58.6. The maximum atomic E-state index is 2.36. The van der Waals surface area contributed by atoms with Gasteiger partial charge in [0.1, 0.15) is 0 Å². The molecule has 0 radical (unpaired) electrons. The molecule has 1 heterocycles. The Kier molecular flexibility index (Phi) is 1.24. The molecule has 0 aliphatic carbocycles. The quantitative estimate of drug-likeness (QED) is 0.484. The second-order valence-corrected chi connectivity index (χ2v) is 8.12. The first-order valence-electron chi connectivity index (χ1n) is 3.33. The second-order valence-electron chi connectivity index (χ2n) is 2.71. The van der Waals surface area contributed by atoms with Crippen molar-refractivity contribution in [1.29, 1.82) is 0 Å². The van der Waals surface area contributed by atoms with Crippen molar-refractivity contribution in [2.24, 2.45) is 0 Å². The van der Waals surface area contributed by atoms with Gasteiger partial charge in [0.05, 0.1) is 8.07 Å². The molecular weight excluding hydrogens is 100 g/mol. The lowest BCUT2D eigenvalue weighted by molar-refractivity contribution is 1.31. The summed E-state index contributed by atoms with van der Waals surface area (Å²) in [6, 6.07) is 6.37. The first kappa shape index (κ1) is 5.36. The third-order valence-electron chi connectivity index (χ3n) is 2.46. The third-order valence-corrected chi connectivity index (χ3v) is 7.37. The van der Waals surface area contributed by atoms with E-state index in [0.29, 0.717) is 0 Å². The van der Waals surface area contributed by atoms with Crippen molar-refractivity contribution in [3.05, 3.63) is 0 Å². The van der Waals surface area contributed by atoms with E-state index in [0.717, 1.165) is 0 Å². The molecule has 1 rings (SSSR count). The van der Waals surface area contributed by atoms with Gasteiger partial charge in [0.15, 0.2) is 0 Å². The summed E-state index contributed by atoms with van der Waals surface area (Å²) in [5.41, 5.74) is 0. The Morgan fingerprint density at radius 2 is 1.57 bits per heavy atom. The average Bonchev–Trinajstić information content (AvgIpc) is 2.46. The number of hydrogen-bond donors (Lipinski definition) is 0. The van der Waals surface area contributed by atoms with Gasteiger partial charge in [-0.1, -0.05) is 38.0 Å². The van der Waals surface area contributed by atoms with Gasteiger partial charge in [-0.15, -0.1) is 0 Å². The first-order valence-corrected chi connectivity index (χ1v) is 6.16. The smallest absolute Gasteiger partial charge is 0.0524 e. The van der Waals surface area contributed by atoms with Crippen molar-refractivity contribution < 1.29 is 0 Å². The first-order chi connectivity index (χ1) is 3.33. The highest BCUT2D eigenvalue weighted by Crippen LogP contribution is 2.42. The molecule has 0 amide bonds. The second kappa shape index (κ2) is 1.62. The Hall–Kier alpha value is 0.217. The van der Waals surface area contributed by atoms with Crippen molar-refractivity contribution in [1.82, 2.24) is 0 Å². The molecule has 42 valence electrons. The highest BCUT2D eigenvalue weighted by atomic mass is 28.3. The maximum Gasteiger partial charge on any atom is 0.0524 e. The van der Waals surface area contributed by atoms with Gasteiger partial charge in [-0.3, -0.25) is 0 Å². The van der Waals surface area contributed by atoms with E-state index in [4.69, 9.17) is 0 Å². The van der Waals surface area contributed by atoms with Crippen LogP contribution in [-0.2, 0) is 0 Å². The summed E-state index contributed by atoms with van der Waals surface area (Å²) in [6.07, 6.45) is 0. The Labute approximate surface area is 46.9 Å². The van der Waals surface area contributed by atoms with E-state index in [1.54, 1.807) is 24.2 Å². The Balaban J connectivity index is 2.28.